The van der Waals surface area contributed by atoms with Gasteiger partial charge < -0.3 is 5.11 Å². The first-order chi connectivity index (χ1) is 9.51. The molecule has 1 aromatic rings. The minimum atomic E-state index is -1.13. The quantitative estimate of drug-likeness (QED) is 0.661. The molecule has 0 aliphatic heterocycles. The van der Waals surface area contributed by atoms with Gasteiger partial charge in [0.25, 0.3) is 0 Å². The highest BCUT2D eigenvalue weighted by molar-refractivity contribution is 6.02. The lowest BCUT2D eigenvalue weighted by Gasteiger charge is -2.25. The molecule has 0 amide bonds. The number of hydrogen-bond acceptors (Lipinski definition) is 2. The molecule has 1 fully saturated rings. The maximum atomic E-state index is 12.7. The Balaban J connectivity index is 2.19. The highest BCUT2D eigenvalue weighted by Gasteiger charge is 2.36. The third kappa shape index (κ3) is 3.69. The normalized spacial score (nSPS) is 18.8. The summed E-state index contributed by atoms with van der Waals surface area (Å²) in [6.45, 7) is 4.35. The molecular formula is C18H26O2. The molecule has 0 spiro atoms. The molecule has 0 aromatic heterocycles. The molecule has 0 radical (unpaired) electrons. The van der Waals surface area contributed by atoms with Gasteiger partial charge in [-0.25, -0.2) is 0 Å². The van der Waals surface area contributed by atoms with Crippen LogP contribution in [0.1, 0.15) is 68.3 Å². The standard InChI is InChI=1S/C18H26O2/c1-14(2)12-15-8-7-9-16(13-15)17(19)18(20)10-5-3-4-6-11-18/h7-9,13-14,20H,3-6,10-12H2,1-2H3. The molecule has 1 aromatic carbocycles. The smallest absolute Gasteiger partial charge is 0.194 e. The maximum absolute atomic E-state index is 12.7. The van der Waals surface area contributed by atoms with E-state index in [9.17, 15) is 9.90 Å². The van der Waals surface area contributed by atoms with Crippen molar-refractivity contribution in [1.29, 1.82) is 0 Å². The maximum Gasteiger partial charge on any atom is 0.194 e. The summed E-state index contributed by atoms with van der Waals surface area (Å²) in [7, 11) is 0. The molecule has 2 nitrogen and oxygen atoms in total. The minimum absolute atomic E-state index is 0.0787. The Bertz CT molecular complexity index is 454. The summed E-state index contributed by atoms with van der Waals surface area (Å²) in [6.07, 6.45) is 6.35. The van der Waals surface area contributed by atoms with Crippen LogP contribution in [0.15, 0.2) is 24.3 Å². The fourth-order valence-corrected chi connectivity index (χ4v) is 3.12. The summed E-state index contributed by atoms with van der Waals surface area (Å²) in [5.41, 5.74) is 0.725. The molecule has 0 atom stereocenters. The summed E-state index contributed by atoms with van der Waals surface area (Å²) in [4.78, 5) is 12.7. The largest absolute Gasteiger partial charge is 0.382 e. The van der Waals surface area contributed by atoms with Crippen molar-refractivity contribution in [2.75, 3.05) is 0 Å². The summed E-state index contributed by atoms with van der Waals surface area (Å²) in [6, 6.07) is 7.80. The van der Waals surface area contributed by atoms with Gasteiger partial charge in [0.05, 0.1) is 0 Å². The van der Waals surface area contributed by atoms with Crippen LogP contribution in [-0.2, 0) is 6.42 Å². The number of ketones is 1. The molecule has 0 unspecified atom stereocenters. The number of Topliss-reactive ketones (excluding diaryl/α,β-unsaturated/α-hetero) is 1. The first kappa shape index (κ1) is 15.2. The van der Waals surface area contributed by atoms with Crippen molar-refractivity contribution < 1.29 is 9.90 Å². The van der Waals surface area contributed by atoms with E-state index in [1.54, 1.807) is 0 Å². The Morgan fingerprint density at radius 3 is 2.45 bits per heavy atom. The number of rotatable bonds is 4. The highest BCUT2D eigenvalue weighted by atomic mass is 16.3. The fourth-order valence-electron chi connectivity index (χ4n) is 3.12. The van der Waals surface area contributed by atoms with Crippen molar-refractivity contribution in [2.24, 2.45) is 5.92 Å². The molecule has 0 saturated heterocycles. The molecule has 1 N–H and O–H groups in total. The van der Waals surface area contributed by atoms with Crippen LogP contribution in [0.25, 0.3) is 0 Å². The summed E-state index contributed by atoms with van der Waals surface area (Å²) >= 11 is 0. The zero-order valence-electron chi connectivity index (χ0n) is 12.7. The molecule has 2 rings (SSSR count). The molecule has 0 heterocycles. The van der Waals surface area contributed by atoms with Gasteiger partial charge in [0.1, 0.15) is 5.60 Å². The van der Waals surface area contributed by atoms with Crippen LogP contribution >= 0.6 is 0 Å². The van der Waals surface area contributed by atoms with Gasteiger partial charge in [-0.05, 0) is 36.8 Å². The molecule has 2 heteroatoms. The van der Waals surface area contributed by atoms with E-state index in [1.807, 2.05) is 18.2 Å². The Morgan fingerprint density at radius 1 is 1.20 bits per heavy atom. The van der Waals surface area contributed by atoms with Gasteiger partial charge in [-0.3, -0.25) is 4.79 Å². The summed E-state index contributed by atoms with van der Waals surface area (Å²) < 4.78 is 0. The van der Waals surface area contributed by atoms with Crippen molar-refractivity contribution in [3.63, 3.8) is 0 Å². The lowest BCUT2D eigenvalue weighted by atomic mass is 9.85. The van der Waals surface area contributed by atoms with Crippen LogP contribution < -0.4 is 0 Å². The van der Waals surface area contributed by atoms with Gasteiger partial charge in [-0.15, -0.1) is 0 Å². The van der Waals surface area contributed by atoms with Crippen LogP contribution in [0, 0.1) is 5.92 Å². The van der Waals surface area contributed by atoms with Crippen molar-refractivity contribution >= 4 is 5.78 Å². The number of carbonyl (C=O) groups is 1. The van der Waals surface area contributed by atoms with E-state index >= 15 is 0 Å². The molecule has 1 saturated carbocycles. The second kappa shape index (κ2) is 6.53. The van der Waals surface area contributed by atoms with E-state index < -0.39 is 5.60 Å². The Morgan fingerprint density at radius 2 is 1.85 bits per heavy atom. The fraction of sp³-hybridized carbons (Fsp3) is 0.611. The molecule has 1 aliphatic rings. The first-order valence-corrected chi connectivity index (χ1v) is 7.87. The van der Waals surface area contributed by atoms with E-state index in [0.717, 1.165) is 32.1 Å². The second-order valence-corrected chi connectivity index (χ2v) is 6.57. The average Bonchev–Trinajstić information content (AvgIpc) is 2.63. The van der Waals surface area contributed by atoms with Crippen LogP contribution in [-0.4, -0.2) is 16.5 Å². The second-order valence-electron chi connectivity index (χ2n) is 6.57. The third-order valence-corrected chi connectivity index (χ3v) is 4.19. The molecule has 0 bridgehead atoms. The van der Waals surface area contributed by atoms with Gasteiger partial charge in [-0.2, -0.15) is 0 Å². The SMILES string of the molecule is CC(C)Cc1cccc(C(=O)C2(O)CCCCCC2)c1. The zero-order chi connectivity index (χ0) is 14.6. The van der Waals surface area contributed by atoms with E-state index in [0.29, 0.717) is 24.3 Å². The van der Waals surface area contributed by atoms with E-state index in [1.165, 1.54) is 5.56 Å². The molecular weight excluding hydrogens is 248 g/mol. The molecule has 20 heavy (non-hydrogen) atoms. The van der Waals surface area contributed by atoms with E-state index in [-0.39, 0.29) is 5.78 Å². The van der Waals surface area contributed by atoms with Crippen LogP contribution in [0.5, 0.6) is 0 Å². The lowest BCUT2D eigenvalue weighted by Crippen LogP contribution is -2.38. The van der Waals surface area contributed by atoms with Gasteiger partial charge in [-0.1, -0.05) is 57.7 Å². The monoisotopic (exact) mass is 274 g/mol. The predicted octanol–water partition coefficient (Wildman–Crippen LogP) is 4.15. The van der Waals surface area contributed by atoms with Crippen molar-refractivity contribution in [1.82, 2.24) is 0 Å². The zero-order valence-corrected chi connectivity index (χ0v) is 12.7. The highest BCUT2D eigenvalue weighted by Crippen LogP contribution is 2.30. The van der Waals surface area contributed by atoms with Crippen molar-refractivity contribution in [3.8, 4) is 0 Å². The topological polar surface area (TPSA) is 37.3 Å². The molecule has 110 valence electrons. The average molecular weight is 274 g/mol. The Labute approximate surface area is 122 Å². The van der Waals surface area contributed by atoms with Crippen molar-refractivity contribution in [3.05, 3.63) is 35.4 Å². The van der Waals surface area contributed by atoms with Crippen molar-refractivity contribution in [2.45, 2.75) is 64.4 Å². The van der Waals surface area contributed by atoms with Crippen LogP contribution in [0.3, 0.4) is 0 Å². The molecule has 1 aliphatic carbocycles. The Kier molecular flexibility index (Phi) is 4.98. The van der Waals surface area contributed by atoms with Crippen LogP contribution in [0.2, 0.25) is 0 Å². The van der Waals surface area contributed by atoms with Crippen LogP contribution in [0.4, 0.5) is 0 Å². The minimum Gasteiger partial charge on any atom is -0.382 e. The number of benzene rings is 1. The van der Waals surface area contributed by atoms with E-state index in [4.69, 9.17) is 0 Å². The number of hydrogen-bond donors (Lipinski definition) is 1. The first-order valence-electron chi connectivity index (χ1n) is 7.87. The van der Waals surface area contributed by atoms with Gasteiger partial charge in [0.15, 0.2) is 5.78 Å². The number of aliphatic hydroxyl groups is 1. The van der Waals surface area contributed by atoms with Gasteiger partial charge in [0, 0.05) is 5.56 Å². The van der Waals surface area contributed by atoms with E-state index in [2.05, 4.69) is 19.9 Å². The Hall–Kier alpha value is -1.15. The van der Waals surface area contributed by atoms with Gasteiger partial charge in [0.2, 0.25) is 0 Å². The number of carbonyl (C=O) groups excluding carboxylic acids is 1. The summed E-state index contributed by atoms with van der Waals surface area (Å²) in [5.74, 6) is 0.492. The predicted molar refractivity (Wildman–Crippen MR) is 82.0 cm³/mol. The lowest BCUT2D eigenvalue weighted by molar-refractivity contribution is 0.0238. The summed E-state index contributed by atoms with van der Waals surface area (Å²) in [5, 5.41) is 10.7. The van der Waals surface area contributed by atoms with Gasteiger partial charge >= 0.3 is 0 Å². The third-order valence-electron chi connectivity index (χ3n) is 4.19.